The van der Waals surface area contributed by atoms with Crippen LogP contribution < -0.4 is 0 Å². The summed E-state index contributed by atoms with van der Waals surface area (Å²) >= 11 is 0. The van der Waals surface area contributed by atoms with Crippen LogP contribution in [0.3, 0.4) is 0 Å². The molecule has 3 nitrogen and oxygen atoms in total. The van der Waals surface area contributed by atoms with Gasteiger partial charge in [-0.1, -0.05) is 60.7 Å². The van der Waals surface area contributed by atoms with Gasteiger partial charge in [-0.05, 0) is 29.9 Å². The minimum Gasteiger partial charge on any atom is -0.381 e. The normalized spacial score (nSPS) is 22.6. The zero-order chi connectivity index (χ0) is 17.6. The average molecular weight is 351 g/mol. The second-order valence-corrected chi connectivity index (χ2v) is 7.64. The Labute approximate surface area is 157 Å². The maximum Gasteiger partial charge on any atom is 0.0602 e. The van der Waals surface area contributed by atoms with Crippen LogP contribution >= 0.6 is 0 Å². The molecule has 2 aromatic rings. The van der Waals surface area contributed by atoms with Crippen LogP contribution in [0.25, 0.3) is 0 Å². The van der Waals surface area contributed by atoms with Crippen LogP contribution in [-0.4, -0.2) is 55.7 Å². The van der Waals surface area contributed by atoms with Crippen molar-refractivity contribution in [2.45, 2.75) is 18.9 Å². The second kappa shape index (κ2) is 8.81. The van der Waals surface area contributed by atoms with E-state index in [0.29, 0.717) is 6.04 Å². The summed E-state index contributed by atoms with van der Waals surface area (Å²) in [6, 6.07) is 22.3. The van der Waals surface area contributed by atoms with E-state index in [1.54, 1.807) is 0 Å². The highest BCUT2D eigenvalue weighted by molar-refractivity contribution is 5.31. The molecule has 0 aromatic heterocycles. The third-order valence-electron chi connectivity index (χ3n) is 5.77. The van der Waals surface area contributed by atoms with Crippen LogP contribution in [0.1, 0.15) is 30.0 Å². The van der Waals surface area contributed by atoms with Crippen molar-refractivity contribution in [1.82, 2.24) is 9.80 Å². The Bertz CT molecular complexity index is 607. The predicted octanol–water partition coefficient (Wildman–Crippen LogP) is 3.82. The Morgan fingerprint density at radius 1 is 0.846 bits per heavy atom. The maximum atomic E-state index is 5.66. The largest absolute Gasteiger partial charge is 0.381 e. The number of ether oxygens (including phenoxy) is 1. The fourth-order valence-corrected chi connectivity index (χ4v) is 4.41. The first-order valence-corrected chi connectivity index (χ1v) is 10.0. The molecule has 2 aliphatic rings. The highest BCUT2D eigenvalue weighted by Crippen LogP contribution is 2.29. The number of nitrogens with zero attached hydrogens (tertiary/aromatic N) is 2. The minimum absolute atomic E-state index is 0.359. The van der Waals surface area contributed by atoms with Crippen molar-refractivity contribution >= 4 is 0 Å². The van der Waals surface area contributed by atoms with Gasteiger partial charge >= 0.3 is 0 Å². The number of piperazine rings is 1. The summed E-state index contributed by atoms with van der Waals surface area (Å²) < 4.78 is 5.66. The second-order valence-electron chi connectivity index (χ2n) is 7.64. The molecule has 0 aliphatic carbocycles. The molecular formula is C23H30N2O. The number of hydrogen-bond acceptors (Lipinski definition) is 3. The maximum absolute atomic E-state index is 5.66. The summed E-state index contributed by atoms with van der Waals surface area (Å²) in [5, 5.41) is 0. The molecule has 138 valence electrons. The predicted molar refractivity (Wildman–Crippen MR) is 106 cm³/mol. The molecule has 2 saturated heterocycles. The monoisotopic (exact) mass is 350 g/mol. The van der Waals surface area contributed by atoms with Gasteiger partial charge in [0.2, 0.25) is 0 Å². The van der Waals surface area contributed by atoms with Crippen LogP contribution in [0.5, 0.6) is 0 Å². The number of hydrogen-bond donors (Lipinski definition) is 0. The Morgan fingerprint density at radius 3 is 2.00 bits per heavy atom. The lowest BCUT2D eigenvalue weighted by Gasteiger charge is -2.41. The van der Waals surface area contributed by atoms with E-state index in [0.717, 1.165) is 45.3 Å². The molecule has 0 spiro atoms. The molecule has 2 aromatic carbocycles. The van der Waals surface area contributed by atoms with E-state index in [1.165, 1.54) is 30.5 Å². The molecule has 0 N–H and O–H groups in total. The van der Waals surface area contributed by atoms with Crippen LogP contribution in [0.15, 0.2) is 60.7 Å². The van der Waals surface area contributed by atoms with Gasteiger partial charge in [0.1, 0.15) is 0 Å². The van der Waals surface area contributed by atoms with E-state index >= 15 is 0 Å². The van der Waals surface area contributed by atoms with E-state index < -0.39 is 0 Å². The van der Waals surface area contributed by atoms with Crippen LogP contribution in [-0.2, 0) is 4.74 Å². The molecule has 1 unspecified atom stereocenters. The topological polar surface area (TPSA) is 15.7 Å². The summed E-state index contributed by atoms with van der Waals surface area (Å²) in [4.78, 5) is 5.29. The van der Waals surface area contributed by atoms with Crippen molar-refractivity contribution < 1.29 is 4.74 Å². The summed E-state index contributed by atoms with van der Waals surface area (Å²) in [5.74, 6) is 0.731. The summed E-state index contributed by atoms with van der Waals surface area (Å²) in [7, 11) is 0. The molecule has 4 rings (SSSR count). The van der Waals surface area contributed by atoms with Crippen molar-refractivity contribution in [2.75, 3.05) is 45.9 Å². The summed E-state index contributed by atoms with van der Waals surface area (Å²) in [6.07, 6.45) is 2.56. The fraction of sp³-hybridized carbons (Fsp3) is 0.478. The fourth-order valence-electron chi connectivity index (χ4n) is 4.41. The minimum atomic E-state index is 0.359. The molecule has 26 heavy (non-hydrogen) atoms. The van der Waals surface area contributed by atoms with Gasteiger partial charge in [-0.15, -0.1) is 0 Å². The molecule has 0 amide bonds. The SMILES string of the molecule is c1ccc(C(c2ccccc2)N2CCN(CC3CCCOC3)CC2)cc1. The average Bonchev–Trinajstić information content (AvgIpc) is 2.72. The first-order chi connectivity index (χ1) is 12.9. The lowest BCUT2D eigenvalue weighted by atomic mass is 9.96. The highest BCUT2D eigenvalue weighted by Gasteiger charge is 2.27. The van der Waals surface area contributed by atoms with Crippen LogP contribution in [0.4, 0.5) is 0 Å². The van der Waals surface area contributed by atoms with Gasteiger partial charge in [-0.25, -0.2) is 0 Å². The van der Waals surface area contributed by atoms with Gasteiger partial charge in [0.05, 0.1) is 12.6 Å². The smallest absolute Gasteiger partial charge is 0.0602 e. The van der Waals surface area contributed by atoms with Crippen LogP contribution in [0.2, 0.25) is 0 Å². The van der Waals surface area contributed by atoms with Crippen molar-refractivity contribution in [3.8, 4) is 0 Å². The van der Waals surface area contributed by atoms with Gasteiger partial charge in [0.25, 0.3) is 0 Å². The third-order valence-corrected chi connectivity index (χ3v) is 5.77. The van der Waals surface area contributed by atoms with E-state index in [-0.39, 0.29) is 0 Å². The Kier molecular flexibility index (Phi) is 6.00. The van der Waals surface area contributed by atoms with Crippen molar-refractivity contribution in [3.05, 3.63) is 71.8 Å². The number of rotatable bonds is 5. The van der Waals surface area contributed by atoms with Crippen molar-refractivity contribution in [3.63, 3.8) is 0 Å². The van der Waals surface area contributed by atoms with E-state index in [2.05, 4.69) is 70.5 Å². The Hall–Kier alpha value is -1.68. The molecule has 0 bridgehead atoms. The summed E-state index contributed by atoms with van der Waals surface area (Å²) in [6.45, 7) is 7.69. The quantitative estimate of drug-likeness (QED) is 0.815. The standard InChI is InChI=1S/C23H30N2O/c1-3-9-21(10-4-1)23(22-11-5-2-6-12-22)25-15-13-24(14-16-25)18-20-8-7-17-26-19-20/h1-6,9-12,20,23H,7-8,13-19H2. The molecule has 2 fully saturated rings. The molecule has 2 heterocycles. The first kappa shape index (κ1) is 17.7. The lowest BCUT2D eigenvalue weighted by Crippen LogP contribution is -2.49. The molecule has 3 heteroatoms. The van der Waals surface area contributed by atoms with Crippen molar-refractivity contribution in [2.24, 2.45) is 5.92 Å². The van der Waals surface area contributed by atoms with Gasteiger partial charge in [-0.3, -0.25) is 4.90 Å². The zero-order valence-corrected chi connectivity index (χ0v) is 15.6. The molecule has 1 atom stereocenters. The van der Waals surface area contributed by atoms with E-state index in [1.807, 2.05) is 0 Å². The number of benzene rings is 2. The first-order valence-electron chi connectivity index (χ1n) is 10.0. The molecular weight excluding hydrogens is 320 g/mol. The van der Waals surface area contributed by atoms with Crippen LogP contribution in [0, 0.1) is 5.92 Å². The van der Waals surface area contributed by atoms with Gasteiger partial charge in [0, 0.05) is 39.3 Å². The zero-order valence-electron chi connectivity index (χ0n) is 15.6. The van der Waals surface area contributed by atoms with Crippen molar-refractivity contribution in [1.29, 1.82) is 0 Å². The third kappa shape index (κ3) is 4.35. The van der Waals surface area contributed by atoms with Gasteiger partial charge < -0.3 is 9.64 Å². The summed E-state index contributed by atoms with van der Waals surface area (Å²) in [5.41, 5.74) is 2.79. The Morgan fingerprint density at radius 2 is 1.46 bits per heavy atom. The lowest BCUT2D eigenvalue weighted by molar-refractivity contribution is 0.0257. The Balaban J connectivity index is 1.43. The highest BCUT2D eigenvalue weighted by atomic mass is 16.5. The van der Waals surface area contributed by atoms with Gasteiger partial charge in [0.15, 0.2) is 0 Å². The molecule has 2 aliphatic heterocycles. The van der Waals surface area contributed by atoms with Gasteiger partial charge in [-0.2, -0.15) is 0 Å². The van der Waals surface area contributed by atoms with E-state index in [4.69, 9.17) is 4.74 Å². The molecule has 0 radical (unpaired) electrons. The molecule has 0 saturated carbocycles. The van der Waals surface area contributed by atoms with E-state index in [9.17, 15) is 0 Å².